The molecule has 4 heterocycles. The lowest BCUT2D eigenvalue weighted by Gasteiger charge is -2.33. The first-order chi connectivity index (χ1) is 12.6. The zero-order chi connectivity index (χ0) is 18.1. The Kier molecular flexibility index (Phi) is 5.27. The average Bonchev–Trinajstić information content (AvgIpc) is 3.37. The van der Waals surface area contributed by atoms with Gasteiger partial charge in [-0.25, -0.2) is 4.98 Å². The molecule has 3 aromatic heterocycles. The van der Waals surface area contributed by atoms with Crippen LogP contribution >= 0.6 is 22.7 Å². The SMILES string of the molecule is Cc1ccsc1-c1nc(CN2CCC(C(O)c3cccs3)CC2)c(C)o1. The third kappa shape index (κ3) is 3.64. The largest absolute Gasteiger partial charge is 0.440 e. The first-order valence-electron chi connectivity index (χ1n) is 9.06. The molecule has 0 spiro atoms. The van der Waals surface area contributed by atoms with E-state index in [9.17, 15) is 5.11 Å². The first-order valence-corrected chi connectivity index (χ1v) is 10.8. The van der Waals surface area contributed by atoms with E-state index in [1.807, 2.05) is 24.4 Å². The molecular weight excluding hydrogens is 364 g/mol. The Labute approximate surface area is 162 Å². The molecule has 1 fully saturated rings. The normalized spacial score (nSPS) is 17.7. The van der Waals surface area contributed by atoms with E-state index in [2.05, 4.69) is 23.3 Å². The molecule has 26 heavy (non-hydrogen) atoms. The van der Waals surface area contributed by atoms with E-state index in [1.54, 1.807) is 22.7 Å². The van der Waals surface area contributed by atoms with Crippen LogP contribution in [0.4, 0.5) is 0 Å². The van der Waals surface area contributed by atoms with Crippen LogP contribution in [0.25, 0.3) is 10.8 Å². The van der Waals surface area contributed by atoms with Gasteiger partial charge in [-0.05, 0) is 74.2 Å². The molecule has 3 aromatic rings. The van der Waals surface area contributed by atoms with E-state index in [1.165, 1.54) is 5.56 Å². The Bertz CT molecular complexity index is 845. The summed E-state index contributed by atoms with van der Waals surface area (Å²) in [6, 6.07) is 6.15. The highest BCUT2D eigenvalue weighted by molar-refractivity contribution is 7.13. The van der Waals surface area contributed by atoms with Gasteiger partial charge >= 0.3 is 0 Å². The fourth-order valence-electron chi connectivity index (χ4n) is 3.59. The number of hydrogen-bond acceptors (Lipinski definition) is 6. The van der Waals surface area contributed by atoms with Crippen molar-refractivity contribution in [3.8, 4) is 10.8 Å². The van der Waals surface area contributed by atoms with E-state index < -0.39 is 0 Å². The molecule has 0 bridgehead atoms. The van der Waals surface area contributed by atoms with Gasteiger partial charge in [0.2, 0.25) is 5.89 Å². The van der Waals surface area contributed by atoms with E-state index >= 15 is 0 Å². The van der Waals surface area contributed by atoms with E-state index in [4.69, 9.17) is 9.40 Å². The predicted molar refractivity (Wildman–Crippen MR) is 107 cm³/mol. The molecule has 0 aliphatic carbocycles. The van der Waals surface area contributed by atoms with Gasteiger partial charge in [0.25, 0.3) is 0 Å². The minimum atomic E-state index is -0.320. The lowest BCUT2D eigenvalue weighted by Crippen LogP contribution is -2.35. The molecule has 4 rings (SSSR count). The Morgan fingerprint density at radius 3 is 2.69 bits per heavy atom. The highest BCUT2D eigenvalue weighted by atomic mass is 32.1. The molecule has 1 aliphatic rings. The maximum Gasteiger partial charge on any atom is 0.237 e. The number of thiophene rings is 2. The van der Waals surface area contributed by atoms with Gasteiger partial charge in [0.15, 0.2) is 0 Å². The molecule has 1 saturated heterocycles. The molecule has 1 aliphatic heterocycles. The highest BCUT2D eigenvalue weighted by Gasteiger charge is 2.27. The van der Waals surface area contributed by atoms with Crippen molar-refractivity contribution in [2.24, 2.45) is 5.92 Å². The quantitative estimate of drug-likeness (QED) is 0.666. The van der Waals surface area contributed by atoms with Crippen molar-refractivity contribution in [2.45, 2.75) is 39.3 Å². The summed E-state index contributed by atoms with van der Waals surface area (Å²) in [4.78, 5) is 9.39. The number of aliphatic hydroxyl groups excluding tert-OH is 1. The fourth-order valence-corrected chi connectivity index (χ4v) is 5.25. The molecule has 1 atom stereocenters. The second-order valence-corrected chi connectivity index (χ2v) is 8.92. The molecule has 0 saturated carbocycles. The zero-order valence-corrected chi connectivity index (χ0v) is 16.8. The molecule has 6 heteroatoms. The second kappa shape index (κ2) is 7.64. The van der Waals surface area contributed by atoms with Gasteiger partial charge in [0.1, 0.15) is 5.76 Å². The van der Waals surface area contributed by atoms with Crippen molar-refractivity contribution in [1.82, 2.24) is 9.88 Å². The van der Waals surface area contributed by atoms with Crippen LogP contribution in [0, 0.1) is 19.8 Å². The molecule has 1 N–H and O–H groups in total. The van der Waals surface area contributed by atoms with Crippen LogP contribution in [-0.4, -0.2) is 28.1 Å². The van der Waals surface area contributed by atoms with Crippen LogP contribution in [0.5, 0.6) is 0 Å². The third-order valence-corrected chi connectivity index (χ3v) is 7.18. The molecule has 0 aromatic carbocycles. The molecule has 0 radical (unpaired) electrons. The van der Waals surface area contributed by atoms with Crippen molar-refractivity contribution < 1.29 is 9.52 Å². The molecule has 138 valence electrons. The van der Waals surface area contributed by atoms with Crippen LogP contribution in [0.2, 0.25) is 0 Å². The molecular formula is C20H24N2O2S2. The van der Waals surface area contributed by atoms with Gasteiger partial charge in [-0.2, -0.15) is 0 Å². The van der Waals surface area contributed by atoms with Gasteiger partial charge in [-0.15, -0.1) is 22.7 Å². The number of aromatic nitrogens is 1. The summed E-state index contributed by atoms with van der Waals surface area (Å²) in [6.45, 7) is 6.90. The van der Waals surface area contributed by atoms with Gasteiger partial charge in [0.05, 0.1) is 16.7 Å². The number of hydrogen-bond donors (Lipinski definition) is 1. The van der Waals surface area contributed by atoms with Crippen molar-refractivity contribution >= 4 is 22.7 Å². The number of rotatable bonds is 5. The zero-order valence-electron chi connectivity index (χ0n) is 15.1. The van der Waals surface area contributed by atoms with Crippen molar-refractivity contribution in [3.05, 3.63) is 50.9 Å². The van der Waals surface area contributed by atoms with Gasteiger partial charge in [-0.1, -0.05) is 6.07 Å². The number of likely N-dealkylation sites (tertiary alicyclic amines) is 1. The molecule has 4 nitrogen and oxygen atoms in total. The number of piperidine rings is 1. The smallest absolute Gasteiger partial charge is 0.237 e. The maximum absolute atomic E-state index is 10.6. The predicted octanol–water partition coefficient (Wildman–Crippen LogP) is 5.03. The van der Waals surface area contributed by atoms with Gasteiger partial charge < -0.3 is 9.52 Å². The molecule has 0 amide bonds. The lowest BCUT2D eigenvalue weighted by atomic mass is 9.90. The Morgan fingerprint density at radius 1 is 1.23 bits per heavy atom. The van der Waals surface area contributed by atoms with Crippen molar-refractivity contribution in [2.75, 3.05) is 13.1 Å². The number of aliphatic hydroxyl groups is 1. The van der Waals surface area contributed by atoms with Crippen LogP contribution in [0.15, 0.2) is 33.4 Å². The van der Waals surface area contributed by atoms with Gasteiger partial charge in [0, 0.05) is 11.4 Å². The van der Waals surface area contributed by atoms with E-state index in [0.29, 0.717) is 5.92 Å². The Morgan fingerprint density at radius 2 is 2.04 bits per heavy atom. The number of aryl methyl sites for hydroxylation is 2. The van der Waals surface area contributed by atoms with Crippen LogP contribution in [0.3, 0.4) is 0 Å². The summed E-state index contributed by atoms with van der Waals surface area (Å²) in [5.74, 6) is 2.01. The summed E-state index contributed by atoms with van der Waals surface area (Å²) in [5.41, 5.74) is 2.25. The first kappa shape index (κ1) is 17.9. The average molecular weight is 389 g/mol. The number of nitrogens with zero attached hydrogens (tertiary/aromatic N) is 2. The van der Waals surface area contributed by atoms with E-state index in [0.717, 1.165) is 59.6 Å². The summed E-state index contributed by atoms with van der Waals surface area (Å²) >= 11 is 3.32. The second-order valence-electron chi connectivity index (χ2n) is 7.03. The maximum atomic E-state index is 10.6. The lowest BCUT2D eigenvalue weighted by molar-refractivity contribution is 0.0586. The summed E-state index contributed by atoms with van der Waals surface area (Å²) in [7, 11) is 0. The number of oxazole rings is 1. The monoisotopic (exact) mass is 388 g/mol. The fraction of sp³-hybridized carbons (Fsp3) is 0.450. The summed E-state index contributed by atoms with van der Waals surface area (Å²) in [6.07, 6.45) is 1.72. The minimum absolute atomic E-state index is 0.320. The minimum Gasteiger partial charge on any atom is -0.440 e. The topological polar surface area (TPSA) is 49.5 Å². The highest BCUT2D eigenvalue weighted by Crippen LogP contribution is 2.34. The third-order valence-electron chi connectivity index (χ3n) is 5.24. The summed E-state index contributed by atoms with van der Waals surface area (Å²) in [5, 5.41) is 14.7. The van der Waals surface area contributed by atoms with Crippen LogP contribution < -0.4 is 0 Å². The van der Waals surface area contributed by atoms with Gasteiger partial charge in [-0.3, -0.25) is 4.90 Å². The Balaban J connectivity index is 1.38. The van der Waals surface area contributed by atoms with Crippen molar-refractivity contribution in [3.63, 3.8) is 0 Å². The summed E-state index contributed by atoms with van der Waals surface area (Å²) < 4.78 is 5.92. The standard InChI is InChI=1S/C20H24N2O2S2/c1-13-7-11-26-19(13)20-21-16(14(2)24-20)12-22-8-5-15(6-9-22)18(23)17-4-3-10-25-17/h3-4,7,10-11,15,18,23H,5-6,8-9,12H2,1-2H3. The van der Waals surface area contributed by atoms with Crippen LogP contribution in [0.1, 0.15) is 40.8 Å². The molecule has 1 unspecified atom stereocenters. The Hall–Kier alpha value is -1.47. The van der Waals surface area contributed by atoms with Crippen molar-refractivity contribution in [1.29, 1.82) is 0 Å². The van der Waals surface area contributed by atoms with Crippen LogP contribution in [-0.2, 0) is 6.54 Å². The van der Waals surface area contributed by atoms with E-state index in [-0.39, 0.29) is 6.10 Å².